The number of nitrogen functional groups attached to an aromatic ring is 1. The van der Waals surface area contributed by atoms with E-state index in [0.717, 1.165) is 21.9 Å². The summed E-state index contributed by atoms with van der Waals surface area (Å²) in [6, 6.07) is 27.6. The molecular weight excluding hydrogens is 840 g/mol. The van der Waals surface area contributed by atoms with Gasteiger partial charge in [0.25, 0.3) is 0 Å². The molecule has 0 saturated carbocycles. The number of anilines is 2. The molecule has 0 amide bonds. The number of phenols is 2. The summed E-state index contributed by atoms with van der Waals surface area (Å²) in [5.74, 6) is 0.151. The van der Waals surface area contributed by atoms with Crippen LogP contribution in [0.5, 0.6) is 11.5 Å². The number of carbonyl (C=O) groups is 1. The molecule has 8 aromatic rings. The van der Waals surface area contributed by atoms with Crippen LogP contribution >= 0.6 is 46.4 Å². The molecule has 0 bridgehead atoms. The van der Waals surface area contributed by atoms with Crippen molar-refractivity contribution in [1.29, 1.82) is 0 Å². The van der Waals surface area contributed by atoms with Gasteiger partial charge in [0.1, 0.15) is 45.8 Å². The van der Waals surface area contributed by atoms with Gasteiger partial charge in [-0.05, 0) is 79.6 Å². The van der Waals surface area contributed by atoms with Crippen LogP contribution in [0.1, 0.15) is 38.7 Å². The average molecular weight is 875 g/mol. The highest BCUT2D eigenvalue weighted by molar-refractivity contribution is 6.33. The van der Waals surface area contributed by atoms with E-state index < -0.39 is 17.7 Å². The Hall–Kier alpha value is -6.11. The van der Waals surface area contributed by atoms with E-state index >= 15 is 0 Å². The van der Waals surface area contributed by atoms with Crippen molar-refractivity contribution in [1.82, 2.24) is 19.9 Å². The fraction of sp³-hybridized carbons (Fsp3) is 0.0682. The first kappa shape index (κ1) is 44.0. The third kappa shape index (κ3) is 11.3. The number of benzene rings is 4. The zero-order valence-electron chi connectivity index (χ0n) is 31.2. The van der Waals surface area contributed by atoms with Gasteiger partial charge in [-0.25, -0.2) is 18.7 Å². The lowest BCUT2D eigenvalue weighted by atomic mass is 9.95. The molecule has 0 spiro atoms. The predicted molar refractivity (Wildman–Crippen MR) is 233 cm³/mol. The van der Waals surface area contributed by atoms with E-state index in [1.54, 1.807) is 54.9 Å². The monoisotopic (exact) mass is 872 g/mol. The molecule has 15 heteroatoms. The number of carbonyl (C=O) groups excluding carboxylic acids is 1. The van der Waals surface area contributed by atoms with E-state index in [0.29, 0.717) is 44.6 Å². The molecule has 1 unspecified atom stereocenters. The highest BCUT2D eigenvalue weighted by atomic mass is 35.5. The van der Waals surface area contributed by atoms with Gasteiger partial charge in [-0.3, -0.25) is 14.8 Å². The van der Waals surface area contributed by atoms with Gasteiger partial charge in [-0.1, -0.05) is 94.9 Å². The molecule has 9 nitrogen and oxygen atoms in total. The highest BCUT2D eigenvalue weighted by Crippen LogP contribution is 2.40. The fourth-order valence-electron chi connectivity index (χ4n) is 5.56. The van der Waals surface area contributed by atoms with Crippen molar-refractivity contribution in [3.8, 4) is 11.5 Å². The van der Waals surface area contributed by atoms with Crippen molar-refractivity contribution in [3.63, 3.8) is 0 Å². The molecule has 59 heavy (non-hydrogen) atoms. The highest BCUT2D eigenvalue weighted by Gasteiger charge is 2.26. The maximum absolute atomic E-state index is 14.8. The number of nitrogens with one attached hydrogen (secondary N) is 1. The number of halogens is 6. The first-order valence-electron chi connectivity index (χ1n) is 17.5. The molecule has 4 heterocycles. The van der Waals surface area contributed by atoms with Crippen LogP contribution in [0.15, 0.2) is 128 Å². The molecule has 4 aromatic heterocycles. The van der Waals surface area contributed by atoms with Crippen molar-refractivity contribution >= 4 is 86.1 Å². The molecule has 5 N–H and O–H groups in total. The lowest BCUT2D eigenvalue weighted by Gasteiger charge is -2.24. The molecule has 0 fully saturated rings. The average Bonchev–Trinajstić information content (AvgIpc) is 3.21. The Morgan fingerprint density at radius 3 is 1.83 bits per heavy atom. The summed E-state index contributed by atoms with van der Waals surface area (Å²) >= 11 is 23.4. The normalized spacial score (nSPS) is 10.9. The second-order valence-corrected chi connectivity index (χ2v) is 14.3. The third-order valence-corrected chi connectivity index (χ3v) is 9.59. The summed E-state index contributed by atoms with van der Waals surface area (Å²) < 4.78 is 27.4. The van der Waals surface area contributed by atoms with Crippen LogP contribution < -0.4 is 11.1 Å². The minimum absolute atomic E-state index is 0.0495. The number of fused-ring (bicyclic) bond motifs is 2. The third-order valence-electron chi connectivity index (χ3n) is 8.52. The quantitative estimate of drug-likeness (QED) is 0.124. The minimum Gasteiger partial charge on any atom is -0.506 e. The number of hydrogen-bond acceptors (Lipinski definition) is 9. The first-order valence-corrected chi connectivity index (χ1v) is 19.0. The van der Waals surface area contributed by atoms with Crippen LogP contribution in [0, 0.1) is 25.5 Å². The number of para-hydroxylation sites is 1. The number of pyridine rings is 4. The maximum Gasteiger partial charge on any atom is 0.154 e. The smallest absolute Gasteiger partial charge is 0.154 e. The van der Waals surface area contributed by atoms with E-state index in [9.17, 15) is 23.8 Å². The van der Waals surface area contributed by atoms with Crippen LogP contribution in [0.3, 0.4) is 0 Å². The van der Waals surface area contributed by atoms with Crippen LogP contribution in [0.2, 0.25) is 20.1 Å². The van der Waals surface area contributed by atoms with Crippen molar-refractivity contribution in [3.05, 3.63) is 187 Å². The summed E-state index contributed by atoms with van der Waals surface area (Å²) in [5.41, 5.74) is 8.75. The van der Waals surface area contributed by atoms with Crippen molar-refractivity contribution in [2.45, 2.75) is 19.9 Å². The molecule has 1 atom stereocenters. The molecule has 8 rings (SSSR count). The summed E-state index contributed by atoms with van der Waals surface area (Å²) in [6.07, 6.45) is 6.69. The standard InChI is InChI=1S/C22H16Cl2FN3O.C9H7NO.C7H4ClFO.C6H7ClN2/c1-12-10-14(23)11-27-22(12)28-20(18-16(24)5-2-6-17(18)25)15-8-7-13-4-3-9-26-19(13)21(15)29;11-8-5-1-3-7-4-2-6-10-9(7)8;8-6-2-1-3-7(9)5(6)4-10;1-4-2-5(7)3-9-6(4)8/h2-11,20,29H,1H3,(H,27,28);1-6,11H;1-4H;2-3H,1H3,(H2,8,9). The lowest BCUT2D eigenvalue weighted by Crippen LogP contribution is -2.16. The first-order chi connectivity index (χ1) is 28.3. The predicted octanol–water partition coefficient (Wildman–Crippen LogP) is 12.1. The van der Waals surface area contributed by atoms with E-state index in [2.05, 4.69) is 25.3 Å². The fourth-order valence-corrected chi connectivity index (χ4v) is 6.47. The van der Waals surface area contributed by atoms with Crippen LogP contribution in [-0.2, 0) is 0 Å². The van der Waals surface area contributed by atoms with Gasteiger partial charge in [0.2, 0.25) is 0 Å². The Labute approximate surface area is 358 Å². The van der Waals surface area contributed by atoms with Gasteiger partial charge in [-0.15, -0.1) is 0 Å². The number of aromatic nitrogens is 4. The summed E-state index contributed by atoms with van der Waals surface area (Å²) in [5, 5.41) is 26.7. The minimum atomic E-state index is -0.803. The number of rotatable bonds is 5. The van der Waals surface area contributed by atoms with Crippen molar-refractivity contribution in [2.24, 2.45) is 0 Å². The van der Waals surface area contributed by atoms with E-state index in [4.69, 9.17) is 52.1 Å². The van der Waals surface area contributed by atoms with Gasteiger partial charge < -0.3 is 21.3 Å². The van der Waals surface area contributed by atoms with Gasteiger partial charge in [0, 0.05) is 51.7 Å². The second-order valence-electron chi connectivity index (χ2n) is 12.6. The maximum atomic E-state index is 14.8. The molecule has 0 radical (unpaired) electrons. The number of phenolic OH excluding ortho intramolecular Hbond substituents is 2. The Kier molecular flexibility index (Phi) is 15.3. The number of nitrogens with zero attached hydrogens (tertiary/aromatic N) is 4. The van der Waals surface area contributed by atoms with E-state index in [1.807, 2.05) is 44.2 Å². The van der Waals surface area contributed by atoms with Crippen LogP contribution in [0.4, 0.5) is 20.4 Å². The van der Waals surface area contributed by atoms with Crippen LogP contribution in [0.25, 0.3) is 21.8 Å². The lowest BCUT2D eigenvalue weighted by molar-refractivity contribution is 0.112. The molecule has 0 aliphatic carbocycles. The number of aryl methyl sites for hydroxylation is 2. The summed E-state index contributed by atoms with van der Waals surface area (Å²) in [6.45, 7) is 3.71. The van der Waals surface area contributed by atoms with Gasteiger partial charge >= 0.3 is 0 Å². The zero-order valence-corrected chi connectivity index (χ0v) is 34.2. The molecule has 300 valence electrons. The number of aromatic hydroxyl groups is 2. The summed E-state index contributed by atoms with van der Waals surface area (Å²) in [7, 11) is 0. The molecule has 0 saturated heterocycles. The molecule has 0 aliphatic rings. The molecular formula is C44H34Cl4F2N6O3. The number of aldehydes is 1. The SMILES string of the molecule is Cc1cc(Cl)cnc1N.Cc1cc(Cl)cnc1NC(c1ccc2cccnc2c1O)c1c(F)cccc1Cl.O=Cc1c(F)cccc1Cl.Oc1cccc2cccnc12. The molecule has 4 aromatic carbocycles. The van der Waals surface area contributed by atoms with Gasteiger partial charge in [0.05, 0.1) is 26.7 Å². The number of hydrogen-bond donors (Lipinski definition) is 4. The van der Waals surface area contributed by atoms with E-state index in [1.165, 1.54) is 42.7 Å². The Bertz CT molecular complexity index is 2700. The largest absolute Gasteiger partial charge is 0.506 e. The Morgan fingerprint density at radius 1 is 0.678 bits per heavy atom. The second kappa shape index (κ2) is 20.5. The van der Waals surface area contributed by atoms with E-state index in [-0.39, 0.29) is 32.7 Å². The zero-order chi connectivity index (χ0) is 42.6. The Balaban J connectivity index is 0.000000179. The van der Waals surface area contributed by atoms with Gasteiger partial charge in [0.15, 0.2) is 6.29 Å². The van der Waals surface area contributed by atoms with Gasteiger partial charge in [-0.2, -0.15) is 0 Å². The van der Waals surface area contributed by atoms with Crippen LogP contribution in [-0.4, -0.2) is 36.4 Å². The van der Waals surface area contributed by atoms with Crippen molar-refractivity contribution in [2.75, 3.05) is 11.1 Å². The topological polar surface area (TPSA) is 147 Å². The molecule has 0 aliphatic heterocycles. The number of nitrogens with two attached hydrogens (primary N) is 1. The van der Waals surface area contributed by atoms with Crippen molar-refractivity contribution < 1.29 is 23.8 Å². The Morgan fingerprint density at radius 2 is 1.25 bits per heavy atom. The summed E-state index contributed by atoms with van der Waals surface area (Å²) in [4.78, 5) is 26.6.